The first kappa shape index (κ1) is 13.5. The van der Waals surface area contributed by atoms with Crippen LogP contribution in [0.25, 0.3) is 11.3 Å². The van der Waals surface area contributed by atoms with Crippen LogP contribution in [0.5, 0.6) is 5.75 Å². The Hall–Kier alpha value is -2.47. The number of nitrogens with zero attached hydrogens (tertiary/aromatic N) is 3. The van der Waals surface area contributed by atoms with Gasteiger partial charge in [-0.05, 0) is 12.1 Å². The third-order valence-corrected chi connectivity index (χ3v) is 3.84. The number of aromatic nitrogens is 3. The van der Waals surface area contributed by atoms with Gasteiger partial charge < -0.3 is 4.74 Å². The summed E-state index contributed by atoms with van der Waals surface area (Å²) < 4.78 is 6.93. The molecule has 2 aromatic heterocycles. The van der Waals surface area contributed by atoms with Crippen LogP contribution in [0.4, 0.5) is 0 Å². The summed E-state index contributed by atoms with van der Waals surface area (Å²) in [4.78, 5) is 15.2. The molecule has 0 amide bonds. The van der Waals surface area contributed by atoms with Crippen LogP contribution in [0, 0.1) is 0 Å². The Morgan fingerprint density at radius 1 is 1.43 bits per heavy atom. The van der Waals surface area contributed by atoms with Gasteiger partial charge in [0.1, 0.15) is 10.8 Å². The maximum absolute atomic E-state index is 10.6. The third-order valence-electron chi connectivity index (χ3n) is 3.00. The lowest BCUT2D eigenvalue weighted by Crippen LogP contribution is -1.99. The van der Waals surface area contributed by atoms with E-state index >= 15 is 0 Å². The zero-order valence-corrected chi connectivity index (χ0v) is 12.2. The Labute approximate surface area is 125 Å². The molecule has 106 valence electrons. The van der Waals surface area contributed by atoms with Gasteiger partial charge in [-0.1, -0.05) is 12.1 Å². The van der Waals surface area contributed by atoms with E-state index in [4.69, 9.17) is 4.74 Å². The second-order valence-corrected chi connectivity index (χ2v) is 5.39. The van der Waals surface area contributed by atoms with Gasteiger partial charge in [0, 0.05) is 17.1 Å². The highest BCUT2D eigenvalue weighted by Gasteiger charge is 2.07. The lowest BCUT2D eigenvalue weighted by Gasteiger charge is -2.01. The van der Waals surface area contributed by atoms with Crippen LogP contribution < -0.4 is 4.74 Å². The van der Waals surface area contributed by atoms with Crippen molar-refractivity contribution in [3.8, 4) is 17.0 Å². The summed E-state index contributed by atoms with van der Waals surface area (Å²) in [6.45, 7) is 0.558. The van der Waals surface area contributed by atoms with E-state index in [-0.39, 0.29) is 0 Å². The Balaban J connectivity index is 1.80. The van der Waals surface area contributed by atoms with Crippen molar-refractivity contribution in [2.24, 2.45) is 0 Å². The first-order chi connectivity index (χ1) is 10.3. The summed E-state index contributed by atoms with van der Waals surface area (Å²) >= 11 is 1.57. The average Bonchev–Trinajstić information content (AvgIpc) is 3.17. The highest BCUT2D eigenvalue weighted by atomic mass is 32.1. The van der Waals surface area contributed by atoms with Gasteiger partial charge in [-0.15, -0.1) is 11.3 Å². The fraction of sp³-hybridized carbons (Fsp3) is 0.133. The molecule has 2 heterocycles. The maximum atomic E-state index is 10.6. The molecule has 0 spiro atoms. The van der Waals surface area contributed by atoms with Crippen LogP contribution in [-0.2, 0) is 6.54 Å². The quantitative estimate of drug-likeness (QED) is 0.680. The number of benzene rings is 1. The van der Waals surface area contributed by atoms with Crippen LogP contribution in [0.1, 0.15) is 15.4 Å². The highest BCUT2D eigenvalue weighted by Crippen LogP contribution is 2.25. The molecule has 0 aliphatic heterocycles. The van der Waals surface area contributed by atoms with Gasteiger partial charge in [0.15, 0.2) is 6.29 Å². The van der Waals surface area contributed by atoms with Crippen LogP contribution in [0.2, 0.25) is 0 Å². The maximum Gasteiger partial charge on any atom is 0.153 e. The number of aldehydes is 1. The largest absolute Gasteiger partial charge is 0.497 e. The van der Waals surface area contributed by atoms with Crippen molar-refractivity contribution in [3.05, 3.63) is 52.6 Å². The second kappa shape index (κ2) is 5.88. The Kier molecular flexibility index (Phi) is 3.79. The van der Waals surface area contributed by atoms with E-state index in [0.29, 0.717) is 12.1 Å². The molecule has 0 saturated carbocycles. The van der Waals surface area contributed by atoms with Gasteiger partial charge in [-0.25, -0.2) is 4.98 Å². The molecule has 21 heavy (non-hydrogen) atoms. The van der Waals surface area contributed by atoms with E-state index in [1.807, 2.05) is 29.6 Å². The molecule has 0 aliphatic carbocycles. The number of hydrogen-bond acceptors (Lipinski definition) is 5. The molecule has 0 atom stereocenters. The predicted molar refractivity (Wildman–Crippen MR) is 80.8 cm³/mol. The van der Waals surface area contributed by atoms with Crippen molar-refractivity contribution in [3.63, 3.8) is 0 Å². The lowest BCUT2D eigenvalue weighted by molar-refractivity contribution is 0.112. The molecule has 5 nitrogen and oxygen atoms in total. The van der Waals surface area contributed by atoms with Gasteiger partial charge in [0.25, 0.3) is 0 Å². The summed E-state index contributed by atoms with van der Waals surface area (Å²) in [6, 6.07) is 7.80. The molecular weight excluding hydrogens is 286 g/mol. The SMILES string of the molecule is COc1cccc(-c2csc(Cn3cc(C=O)cn3)n2)c1. The molecule has 3 rings (SSSR count). The topological polar surface area (TPSA) is 57.0 Å². The Bertz CT molecular complexity index is 764. The molecule has 6 heteroatoms. The van der Waals surface area contributed by atoms with Crippen molar-refractivity contribution in [1.82, 2.24) is 14.8 Å². The van der Waals surface area contributed by atoms with E-state index in [2.05, 4.69) is 10.1 Å². The number of thiazole rings is 1. The number of carbonyl (C=O) groups excluding carboxylic acids is 1. The molecule has 3 aromatic rings. The van der Waals surface area contributed by atoms with Gasteiger partial charge in [-0.3, -0.25) is 9.48 Å². The van der Waals surface area contributed by atoms with E-state index in [1.165, 1.54) is 0 Å². The number of hydrogen-bond donors (Lipinski definition) is 0. The van der Waals surface area contributed by atoms with Gasteiger partial charge in [0.05, 0.1) is 31.1 Å². The number of ether oxygens (including phenoxy) is 1. The van der Waals surface area contributed by atoms with Crippen molar-refractivity contribution in [1.29, 1.82) is 0 Å². The van der Waals surface area contributed by atoms with Gasteiger partial charge in [0.2, 0.25) is 0 Å². The fourth-order valence-electron chi connectivity index (χ4n) is 1.96. The normalized spacial score (nSPS) is 10.5. The number of rotatable bonds is 5. The molecule has 0 fully saturated rings. The molecular formula is C15H13N3O2S. The Morgan fingerprint density at radius 3 is 3.10 bits per heavy atom. The molecule has 0 bridgehead atoms. The van der Waals surface area contributed by atoms with Crippen LogP contribution in [0.3, 0.4) is 0 Å². The van der Waals surface area contributed by atoms with Gasteiger partial charge in [-0.2, -0.15) is 5.10 Å². The summed E-state index contributed by atoms with van der Waals surface area (Å²) in [5, 5.41) is 7.07. The smallest absolute Gasteiger partial charge is 0.153 e. The number of methoxy groups -OCH3 is 1. The highest BCUT2D eigenvalue weighted by molar-refractivity contribution is 7.09. The molecule has 0 unspecified atom stereocenters. The van der Waals surface area contributed by atoms with Crippen LogP contribution in [0.15, 0.2) is 42.0 Å². The predicted octanol–water partition coefficient (Wildman–Crippen LogP) is 2.88. The fourth-order valence-corrected chi connectivity index (χ4v) is 2.76. The summed E-state index contributed by atoms with van der Waals surface area (Å²) in [5.41, 5.74) is 2.50. The van der Waals surface area contributed by atoms with E-state index in [1.54, 1.807) is 35.5 Å². The molecule has 0 aliphatic rings. The first-order valence-corrected chi connectivity index (χ1v) is 7.23. The standard InChI is InChI=1S/C15H13N3O2S/c1-20-13-4-2-3-12(5-13)14-10-21-15(17-14)8-18-7-11(9-19)6-16-18/h2-7,9-10H,8H2,1H3. The van der Waals surface area contributed by atoms with E-state index in [9.17, 15) is 4.79 Å². The van der Waals surface area contributed by atoms with Crippen molar-refractivity contribution in [2.45, 2.75) is 6.54 Å². The minimum Gasteiger partial charge on any atom is -0.497 e. The van der Waals surface area contributed by atoms with E-state index < -0.39 is 0 Å². The second-order valence-electron chi connectivity index (χ2n) is 4.45. The van der Waals surface area contributed by atoms with Gasteiger partial charge >= 0.3 is 0 Å². The third kappa shape index (κ3) is 3.00. The molecule has 1 aromatic carbocycles. The van der Waals surface area contributed by atoms with Crippen LogP contribution >= 0.6 is 11.3 Å². The van der Waals surface area contributed by atoms with Crippen molar-refractivity contribution in [2.75, 3.05) is 7.11 Å². The summed E-state index contributed by atoms with van der Waals surface area (Å²) in [5.74, 6) is 0.810. The lowest BCUT2D eigenvalue weighted by atomic mass is 10.2. The molecule has 0 saturated heterocycles. The van der Waals surface area contributed by atoms with Crippen molar-refractivity contribution >= 4 is 17.6 Å². The minimum atomic E-state index is 0.558. The zero-order valence-electron chi connectivity index (χ0n) is 11.4. The number of carbonyl (C=O) groups is 1. The summed E-state index contributed by atoms with van der Waals surface area (Å²) in [6.07, 6.45) is 4.04. The van der Waals surface area contributed by atoms with Crippen LogP contribution in [-0.4, -0.2) is 28.2 Å². The summed E-state index contributed by atoms with van der Waals surface area (Å²) in [7, 11) is 1.65. The van der Waals surface area contributed by atoms with Crippen molar-refractivity contribution < 1.29 is 9.53 Å². The van der Waals surface area contributed by atoms with E-state index in [0.717, 1.165) is 28.3 Å². The minimum absolute atomic E-state index is 0.558. The first-order valence-electron chi connectivity index (χ1n) is 6.35. The Morgan fingerprint density at radius 2 is 2.33 bits per heavy atom. The average molecular weight is 299 g/mol. The monoisotopic (exact) mass is 299 g/mol. The molecule has 0 radical (unpaired) electrons. The zero-order chi connectivity index (χ0) is 14.7. The molecule has 0 N–H and O–H groups in total.